The molecule has 5 rings (SSSR count). The number of thiazole rings is 1. The topological polar surface area (TPSA) is 54.9 Å². The van der Waals surface area contributed by atoms with Crippen molar-refractivity contribution in [1.29, 1.82) is 0 Å². The number of aromatic nitrogens is 2. The molecule has 2 heterocycles. The predicted octanol–water partition coefficient (Wildman–Crippen LogP) is 5.03. The SMILES string of the molecule is O=C(Nc1ncc(-c2ccc3c(c2)Cc2ccccc2-3)s1)c1cccnc1. The zero-order chi connectivity index (χ0) is 18.2. The monoisotopic (exact) mass is 369 g/mol. The molecule has 27 heavy (non-hydrogen) atoms. The van der Waals surface area contributed by atoms with Crippen LogP contribution in [0.5, 0.6) is 0 Å². The molecule has 0 atom stereocenters. The normalized spacial score (nSPS) is 11.7. The first-order chi connectivity index (χ1) is 13.3. The minimum Gasteiger partial charge on any atom is -0.298 e. The van der Waals surface area contributed by atoms with Crippen LogP contribution in [-0.2, 0) is 6.42 Å². The number of amides is 1. The maximum Gasteiger partial charge on any atom is 0.259 e. The zero-order valence-corrected chi connectivity index (χ0v) is 15.2. The van der Waals surface area contributed by atoms with Gasteiger partial charge in [-0.1, -0.05) is 47.7 Å². The molecule has 2 aromatic carbocycles. The van der Waals surface area contributed by atoms with E-state index in [9.17, 15) is 4.79 Å². The summed E-state index contributed by atoms with van der Waals surface area (Å²) in [5.41, 5.74) is 6.99. The van der Waals surface area contributed by atoms with Gasteiger partial charge in [-0.15, -0.1) is 0 Å². The van der Waals surface area contributed by atoms with Gasteiger partial charge >= 0.3 is 0 Å². The van der Waals surface area contributed by atoms with Crippen molar-refractivity contribution in [2.75, 3.05) is 5.32 Å². The van der Waals surface area contributed by atoms with Crippen LogP contribution in [0.25, 0.3) is 21.6 Å². The Balaban J connectivity index is 1.39. The second-order valence-electron chi connectivity index (χ2n) is 6.43. The van der Waals surface area contributed by atoms with Crippen molar-refractivity contribution < 1.29 is 4.79 Å². The second-order valence-corrected chi connectivity index (χ2v) is 7.46. The van der Waals surface area contributed by atoms with Gasteiger partial charge in [0.1, 0.15) is 0 Å². The molecule has 0 radical (unpaired) electrons. The smallest absolute Gasteiger partial charge is 0.259 e. The number of nitrogens with one attached hydrogen (secondary N) is 1. The van der Waals surface area contributed by atoms with E-state index in [-0.39, 0.29) is 5.91 Å². The van der Waals surface area contributed by atoms with E-state index in [0.717, 1.165) is 16.9 Å². The number of fused-ring (bicyclic) bond motifs is 3. The maximum atomic E-state index is 12.3. The van der Waals surface area contributed by atoms with E-state index in [1.54, 1.807) is 24.5 Å². The number of benzene rings is 2. The minimum absolute atomic E-state index is 0.201. The highest BCUT2D eigenvalue weighted by atomic mass is 32.1. The Kier molecular flexibility index (Phi) is 3.80. The standard InChI is InChI=1S/C22H15N3OS/c26-21(16-5-3-9-23-12-16)25-22-24-13-20(27-22)15-7-8-19-17(11-15)10-14-4-1-2-6-18(14)19/h1-9,11-13H,10H2,(H,24,25,26). The lowest BCUT2D eigenvalue weighted by atomic mass is 10.0. The Hall–Kier alpha value is -3.31. The Labute approximate surface area is 160 Å². The van der Waals surface area contributed by atoms with Gasteiger partial charge in [-0.3, -0.25) is 15.1 Å². The van der Waals surface area contributed by atoms with Crippen LogP contribution in [0.2, 0.25) is 0 Å². The predicted molar refractivity (Wildman–Crippen MR) is 108 cm³/mol. The molecule has 0 bridgehead atoms. The van der Waals surface area contributed by atoms with Crippen molar-refractivity contribution in [3.05, 3.63) is 89.9 Å². The number of pyridine rings is 1. The summed E-state index contributed by atoms with van der Waals surface area (Å²) in [4.78, 5) is 21.6. The molecule has 0 saturated carbocycles. The fourth-order valence-corrected chi connectivity index (χ4v) is 4.24. The van der Waals surface area contributed by atoms with Crippen molar-refractivity contribution >= 4 is 22.4 Å². The number of hydrogen-bond acceptors (Lipinski definition) is 4. The molecule has 1 amide bonds. The summed E-state index contributed by atoms with van der Waals surface area (Å²) in [6.07, 6.45) is 5.96. The largest absolute Gasteiger partial charge is 0.298 e. The third kappa shape index (κ3) is 2.92. The van der Waals surface area contributed by atoms with Gasteiger partial charge < -0.3 is 0 Å². The highest BCUT2D eigenvalue weighted by molar-refractivity contribution is 7.19. The molecule has 4 aromatic rings. The van der Waals surface area contributed by atoms with E-state index in [1.807, 2.05) is 6.20 Å². The van der Waals surface area contributed by atoms with Gasteiger partial charge in [0.05, 0.1) is 10.4 Å². The van der Waals surface area contributed by atoms with Gasteiger partial charge in [-0.2, -0.15) is 0 Å². The molecule has 2 aromatic heterocycles. The molecule has 0 unspecified atom stereocenters. The average Bonchev–Trinajstić information content (AvgIpc) is 3.32. The molecule has 0 fully saturated rings. The van der Waals surface area contributed by atoms with Crippen molar-refractivity contribution in [3.8, 4) is 21.6 Å². The lowest BCUT2D eigenvalue weighted by molar-refractivity contribution is 0.102. The number of anilines is 1. The Bertz CT molecular complexity index is 1150. The third-order valence-electron chi connectivity index (χ3n) is 4.73. The number of rotatable bonds is 3. The Morgan fingerprint density at radius 2 is 1.85 bits per heavy atom. The van der Waals surface area contributed by atoms with Crippen LogP contribution in [-0.4, -0.2) is 15.9 Å². The van der Waals surface area contributed by atoms with Crippen LogP contribution in [0.3, 0.4) is 0 Å². The van der Waals surface area contributed by atoms with Crippen LogP contribution in [0.4, 0.5) is 5.13 Å². The minimum atomic E-state index is -0.201. The van der Waals surface area contributed by atoms with Gasteiger partial charge in [0, 0.05) is 18.6 Å². The molecule has 1 N–H and O–H groups in total. The molecule has 0 aliphatic heterocycles. The fourth-order valence-electron chi connectivity index (χ4n) is 3.43. The second kappa shape index (κ2) is 6.45. The number of carbonyl (C=O) groups excluding carboxylic acids is 1. The number of hydrogen-bond donors (Lipinski definition) is 1. The van der Waals surface area contributed by atoms with Gasteiger partial charge in [-0.25, -0.2) is 4.98 Å². The van der Waals surface area contributed by atoms with Crippen LogP contribution in [0.15, 0.2) is 73.2 Å². The molecule has 1 aliphatic rings. The summed E-state index contributed by atoms with van der Waals surface area (Å²) in [6, 6.07) is 18.6. The zero-order valence-electron chi connectivity index (χ0n) is 14.3. The van der Waals surface area contributed by atoms with Gasteiger partial charge in [-0.05, 0) is 52.4 Å². The van der Waals surface area contributed by atoms with E-state index in [2.05, 4.69) is 57.7 Å². The Morgan fingerprint density at radius 3 is 2.74 bits per heavy atom. The summed E-state index contributed by atoms with van der Waals surface area (Å²) in [7, 11) is 0. The fraction of sp³-hybridized carbons (Fsp3) is 0.0455. The molecule has 0 spiro atoms. The molecule has 0 saturated heterocycles. The maximum absolute atomic E-state index is 12.3. The van der Waals surface area contributed by atoms with E-state index in [1.165, 1.54) is 33.6 Å². The number of carbonyl (C=O) groups is 1. The molecular weight excluding hydrogens is 354 g/mol. The van der Waals surface area contributed by atoms with E-state index in [4.69, 9.17) is 0 Å². The van der Waals surface area contributed by atoms with Crippen LogP contribution in [0.1, 0.15) is 21.5 Å². The highest BCUT2D eigenvalue weighted by Gasteiger charge is 2.18. The van der Waals surface area contributed by atoms with E-state index >= 15 is 0 Å². The van der Waals surface area contributed by atoms with Crippen LogP contribution < -0.4 is 5.32 Å². The number of nitrogens with zero attached hydrogens (tertiary/aromatic N) is 2. The molecule has 5 heteroatoms. The summed E-state index contributed by atoms with van der Waals surface area (Å²) in [5, 5.41) is 3.43. The highest BCUT2D eigenvalue weighted by Crippen LogP contribution is 2.39. The van der Waals surface area contributed by atoms with Crippen molar-refractivity contribution in [2.24, 2.45) is 0 Å². The lowest BCUT2D eigenvalue weighted by Crippen LogP contribution is -2.11. The Morgan fingerprint density at radius 1 is 0.963 bits per heavy atom. The molecule has 1 aliphatic carbocycles. The van der Waals surface area contributed by atoms with E-state index in [0.29, 0.717) is 10.7 Å². The van der Waals surface area contributed by atoms with Gasteiger partial charge in [0.2, 0.25) is 0 Å². The van der Waals surface area contributed by atoms with E-state index < -0.39 is 0 Å². The van der Waals surface area contributed by atoms with Crippen molar-refractivity contribution in [3.63, 3.8) is 0 Å². The van der Waals surface area contributed by atoms with Crippen LogP contribution >= 0.6 is 11.3 Å². The van der Waals surface area contributed by atoms with Crippen molar-refractivity contribution in [1.82, 2.24) is 9.97 Å². The molecular formula is C22H15N3OS. The first-order valence-electron chi connectivity index (χ1n) is 8.67. The lowest BCUT2D eigenvalue weighted by Gasteiger charge is -2.03. The summed E-state index contributed by atoms with van der Waals surface area (Å²) >= 11 is 1.47. The van der Waals surface area contributed by atoms with Crippen molar-refractivity contribution in [2.45, 2.75) is 6.42 Å². The summed E-state index contributed by atoms with van der Waals surface area (Å²) < 4.78 is 0. The van der Waals surface area contributed by atoms with Crippen LogP contribution in [0, 0.1) is 0 Å². The van der Waals surface area contributed by atoms with Gasteiger partial charge in [0.25, 0.3) is 5.91 Å². The first kappa shape index (κ1) is 15.9. The molecule has 4 nitrogen and oxygen atoms in total. The molecule has 130 valence electrons. The average molecular weight is 369 g/mol. The first-order valence-corrected chi connectivity index (χ1v) is 9.48. The van der Waals surface area contributed by atoms with Gasteiger partial charge in [0.15, 0.2) is 5.13 Å². The quantitative estimate of drug-likeness (QED) is 0.485. The third-order valence-corrected chi connectivity index (χ3v) is 5.69. The summed E-state index contributed by atoms with van der Waals surface area (Å²) in [6.45, 7) is 0. The summed E-state index contributed by atoms with van der Waals surface area (Å²) in [5.74, 6) is -0.201.